The van der Waals surface area contributed by atoms with Gasteiger partial charge in [0.2, 0.25) is 11.8 Å². The number of anilines is 2. The summed E-state index contributed by atoms with van der Waals surface area (Å²) in [5, 5.41) is 4.23. The Kier molecular flexibility index (Phi) is 6.32. The highest BCUT2D eigenvalue weighted by molar-refractivity contribution is 6.11. The number of pyridine rings is 1. The summed E-state index contributed by atoms with van der Waals surface area (Å²) in [7, 11) is 0. The highest BCUT2D eigenvalue weighted by Crippen LogP contribution is 2.30. The highest BCUT2D eigenvalue weighted by Gasteiger charge is 2.44. The third kappa shape index (κ3) is 4.42. The molecule has 3 unspecified atom stereocenters. The normalized spacial score (nSPS) is 27.2. The minimum Gasteiger partial charge on any atom is -0.365 e. The van der Waals surface area contributed by atoms with Gasteiger partial charge in [0.15, 0.2) is 5.82 Å². The first-order valence-corrected chi connectivity index (χ1v) is 11.6. The molecule has 1 aromatic heterocycles. The Morgan fingerprint density at radius 2 is 1.94 bits per heavy atom. The molecule has 0 bridgehead atoms. The van der Waals surface area contributed by atoms with Gasteiger partial charge < -0.3 is 20.9 Å². The molecule has 0 radical (unpaired) electrons. The molecule has 5 heterocycles. The molecule has 3 saturated heterocycles. The van der Waals surface area contributed by atoms with Gasteiger partial charge >= 0.3 is 0 Å². The summed E-state index contributed by atoms with van der Waals surface area (Å²) in [5.41, 5.74) is 9.45. The van der Waals surface area contributed by atoms with Crippen molar-refractivity contribution in [2.24, 2.45) is 16.6 Å². The molecule has 11 nitrogen and oxygen atoms in total. The average Bonchev–Trinajstić information content (AvgIpc) is 3.08. The van der Waals surface area contributed by atoms with Crippen LogP contribution in [0.25, 0.3) is 0 Å². The molecule has 0 spiro atoms. The molecule has 3 fully saturated rings. The van der Waals surface area contributed by atoms with E-state index in [2.05, 4.69) is 25.6 Å². The third-order valence-corrected chi connectivity index (χ3v) is 6.72. The van der Waals surface area contributed by atoms with Gasteiger partial charge in [0.25, 0.3) is 0 Å². The second-order valence-electron chi connectivity index (χ2n) is 9.04. The molecule has 5 rings (SSSR count). The molecule has 0 aliphatic carbocycles. The van der Waals surface area contributed by atoms with Crippen LogP contribution in [0.3, 0.4) is 0 Å². The van der Waals surface area contributed by atoms with Crippen molar-refractivity contribution in [2.45, 2.75) is 18.8 Å². The molecule has 34 heavy (non-hydrogen) atoms. The van der Waals surface area contributed by atoms with Gasteiger partial charge in [-0.3, -0.25) is 29.5 Å². The lowest BCUT2D eigenvalue weighted by molar-refractivity contribution is -0.135. The van der Waals surface area contributed by atoms with Crippen LogP contribution >= 0.6 is 0 Å². The van der Waals surface area contributed by atoms with Crippen LogP contribution in [0.1, 0.15) is 6.42 Å². The van der Waals surface area contributed by atoms with E-state index in [0.29, 0.717) is 38.6 Å². The largest absolute Gasteiger partial charge is 0.365 e. The monoisotopic (exact) mass is 477 g/mol. The van der Waals surface area contributed by atoms with Gasteiger partial charge in [0.1, 0.15) is 23.6 Å². The molecule has 2 amide bonds. The SMILES string of the molecule is NC1NN2CC(F)CN=C2C1C(=O)Nc1cncc(F)c1N1CCN(CC(=O)N2CCC2)CC1. The fourth-order valence-electron chi connectivity index (χ4n) is 4.75. The number of aliphatic imine (C=N–C) groups is 1. The summed E-state index contributed by atoms with van der Waals surface area (Å²) in [5.74, 6) is -1.35. The Bertz CT molecular complexity index is 981. The third-order valence-electron chi connectivity index (χ3n) is 6.72. The average molecular weight is 478 g/mol. The van der Waals surface area contributed by atoms with Crippen molar-refractivity contribution in [3.63, 3.8) is 0 Å². The lowest BCUT2D eigenvalue weighted by Gasteiger charge is -2.38. The number of rotatable bonds is 5. The Hall–Kier alpha value is -2.90. The van der Waals surface area contributed by atoms with E-state index in [1.165, 1.54) is 11.2 Å². The number of nitrogens with one attached hydrogen (secondary N) is 2. The van der Waals surface area contributed by atoms with Crippen molar-refractivity contribution in [3.8, 4) is 0 Å². The zero-order valence-corrected chi connectivity index (χ0v) is 18.8. The first-order valence-electron chi connectivity index (χ1n) is 11.6. The van der Waals surface area contributed by atoms with E-state index in [1.54, 1.807) is 0 Å². The summed E-state index contributed by atoms with van der Waals surface area (Å²) in [6.07, 6.45) is 1.66. The summed E-state index contributed by atoms with van der Waals surface area (Å²) in [6, 6.07) is 0. The number of halogens is 2. The van der Waals surface area contributed by atoms with Gasteiger partial charge in [0.05, 0.1) is 43.9 Å². The van der Waals surface area contributed by atoms with Crippen molar-refractivity contribution in [1.82, 2.24) is 25.2 Å². The van der Waals surface area contributed by atoms with Crippen molar-refractivity contribution >= 4 is 29.0 Å². The highest BCUT2D eigenvalue weighted by atomic mass is 19.1. The van der Waals surface area contributed by atoms with Crippen molar-refractivity contribution < 1.29 is 18.4 Å². The lowest BCUT2D eigenvalue weighted by Crippen LogP contribution is -2.52. The van der Waals surface area contributed by atoms with Gasteiger partial charge in [-0.15, -0.1) is 0 Å². The molecule has 0 aromatic carbocycles. The maximum atomic E-state index is 14.9. The summed E-state index contributed by atoms with van der Waals surface area (Å²) < 4.78 is 28.6. The number of aromatic nitrogens is 1. The van der Waals surface area contributed by atoms with Crippen molar-refractivity contribution in [1.29, 1.82) is 0 Å². The number of hydrogen-bond donors (Lipinski definition) is 3. The second-order valence-corrected chi connectivity index (χ2v) is 9.04. The second kappa shape index (κ2) is 9.39. The smallest absolute Gasteiger partial charge is 0.238 e. The van der Waals surface area contributed by atoms with Gasteiger partial charge in [-0.2, -0.15) is 0 Å². The van der Waals surface area contributed by atoms with Crippen LogP contribution in [0.15, 0.2) is 17.4 Å². The maximum absolute atomic E-state index is 14.9. The van der Waals surface area contributed by atoms with Crippen molar-refractivity contribution in [3.05, 3.63) is 18.2 Å². The van der Waals surface area contributed by atoms with Crippen LogP contribution in [-0.2, 0) is 9.59 Å². The number of piperazine rings is 1. The summed E-state index contributed by atoms with van der Waals surface area (Å²) >= 11 is 0. The van der Waals surface area contributed by atoms with E-state index in [1.807, 2.05) is 9.80 Å². The minimum atomic E-state index is -1.14. The number of carbonyl (C=O) groups is 2. The Morgan fingerprint density at radius 1 is 1.18 bits per heavy atom. The van der Waals surface area contributed by atoms with Gasteiger partial charge in [0, 0.05) is 39.3 Å². The molecular formula is C21H29F2N9O2. The Balaban J connectivity index is 1.26. The molecule has 13 heteroatoms. The zero-order chi connectivity index (χ0) is 23.8. The maximum Gasteiger partial charge on any atom is 0.238 e. The summed E-state index contributed by atoms with van der Waals surface area (Å²) in [6.45, 7) is 4.24. The number of nitrogens with two attached hydrogens (primary N) is 1. The molecule has 4 aliphatic heterocycles. The number of carbonyl (C=O) groups excluding carboxylic acids is 2. The first kappa shape index (κ1) is 22.9. The fourth-order valence-corrected chi connectivity index (χ4v) is 4.75. The number of hydrogen-bond acceptors (Lipinski definition) is 9. The number of fused-ring (bicyclic) bond motifs is 1. The molecule has 0 saturated carbocycles. The molecule has 4 aliphatic rings. The molecule has 3 atom stereocenters. The van der Waals surface area contributed by atoms with Crippen LogP contribution in [0, 0.1) is 11.7 Å². The number of alkyl halides is 1. The van der Waals surface area contributed by atoms with E-state index in [9.17, 15) is 18.4 Å². The lowest BCUT2D eigenvalue weighted by atomic mass is 10.0. The van der Waals surface area contributed by atoms with Crippen LogP contribution in [0.5, 0.6) is 0 Å². The van der Waals surface area contributed by atoms with E-state index < -0.39 is 30.0 Å². The van der Waals surface area contributed by atoms with Gasteiger partial charge in [-0.1, -0.05) is 0 Å². The van der Waals surface area contributed by atoms with E-state index in [-0.39, 0.29) is 30.4 Å². The van der Waals surface area contributed by atoms with Gasteiger partial charge in [-0.25, -0.2) is 14.2 Å². The predicted octanol–water partition coefficient (Wildman–Crippen LogP) is -1.02. The number of nitrogens with zero attached hydrogens (tertiary/aromatic N) is 6. The van der Waals surface area contributed by atoms with Crippen LogP contribution < -0.4 is 21.4 Å². The van der Waals surface area contributed by atoms with E-state index in [4.69, 9.17) is 5.73 Å². The fraction of sp³-hybridized carbons (Fsp3) is 0.619. The first-order chi connectivity index (χ1) is 16.4. The van der Waals surface area contributed by atoms with E-state index in [0.717, 1.165) is 25.7 Å². The number of amidine groups is 1. The number of hydrazine groups is 1. The Morgan fingerprint density at radius 3 is 2.65 bits per heavy atom. The van der Waals surface area contributed by atoms with Gasteiger partial charge in [-0.05, 0) is 6.42 Å². The standard InChI is InChI=1S/C21H29F2N9O2/c22-13-8-26-20-17(19(24)28-32(20)11-13)21(34)27-15-10-25-9-14(23)18(15)31-6-4-29(5-7-31)12-16(33)30-2-1-3-30/h9-10,13,17,19,28H,1-8,11-12,24H2,(H,27,34). The zero-order valence-electron chi connectivity index (χ0n) is 18.8. The molecule has 4 N–H and O–H groups in total. The molecule has 1 aromatic rings. The quantitative estimate of drug-likeness (QED) is 0.493. The van der Waals surface area contributed by atoms with Crippen LogP contribution in [-0.4, -0.2) is 109 Å². The molecular weight excluding hydrogens is 448 g/mol. The minimum absolute atomic E-state index is 0.0265. The topological polar surface area (TPSA) is 122 Å². The summed E-state index contributed by atoms with van der Waals surface area (Å²) in [4.78, 5) is 39.2. The Labute approximate surface area is 195 Å². The number of likely N-dealkylation sites (tertiary alicyclic amines) is 1. The van der Waals surface area contributed by atoms with Crippen molar-refractivity contribution in [2.75, 3.05) is 69.1 Å². The van der Waals surface area contributed by atoms with E-state index >= 15 is 0 Å². The van der Waals surface area contributed by atoms with Crippen LogP contribution in [0.4, 0.5) is 20.2 Å². The van der Waals surface area contributed by atoms with Crippen LogP contribution in [0.2, 0.25) is 0 Å². The predicted molar refractivity (Wildman–Crippen MR) is 121 cm³/mol. The number of amides is 2. The molecule has 184 valence electrons.